The Morgan fingerprint density at radius 1 is 1.30 bits per heavy atom. The van der Waals surface area contributed by atoms with Gasteiger partial charge in [0.05, 0.1) is 15.6 Å². The molecule has 2 rings (SSSR count). The number of halogens is 1. The molecule has 2 heterocycles. The zero-order valence-corrected chi connectivity index (χ0v) is 18.0. The van der Waals surface area contributed by atoms with Crippen LogP contribution in [0.25, 0.3) is 10.6 Å². The standard InChI is InChI=1S/C16H24N4S2.HI/c1-11(2)9-19-16(17-4)18-8-7-13-5-6-15(22-13)14-10-21-12(3)20-14;/h5-6,10-11H,7-9H2,1-4H3,(H2,17,18,19);1H. The third kappa shape index (κ3) is 6.76. The molecule has 0 bridgehead atoms. The Hall–Kier alpha value is -0.670. The summed E-state index contributed by atoms with van der Waals surface area (Å²) in [6.45, 7) is 8.24. The Bertz CT molecular complexity index is 619. The van der Waals surface area contributed by atoms with Gasteiger partial charge in [0.1, 0.15) is 0 Å². The number of guanidine groups is 1. The lowest BCUT2D eigenvalue weighted by Gasteiger charge is -2.12. The van der Waals surface area contributed by atoms with E-state index >= 15 is 0 Å². The van der Waals surface area contributed by atoms with E-state index in [1.54, 1.807) is 11.3 Å². The van der Waals surface area contributed by atoms with Crippen molar-refractivity contribution in [2.24, 2.45) is 10.9 Å². The predicted molar refractivity (Wildman–Crippen MR) is 113 cm³/mol. The summed E-state index contributed by atoms with van der Waals surface area (Å²) in [4.78, 5) is 11.4. The smallest absolute Gasteiger partial charge is 0.190 e. The van der Waals surface area contributed by atoms with Crippen LogP contribution in [0.1, 0.15) is 23.7 Å². The second kappa shape index (κ2) is 10.2. The lowest BCUT2D eigenvalue weighted by atomic mass is 10.2. The lowest BCUT2D eigenvalue weighted by Crippen LogP contribution is -2.39. The highest BCUT2D eigenvalue weighted by Crippen LogP contribution is 2.29. The number of aromatic nitrogens is 1. The molecule has 0 fully saturated rings. The van der Waals surface area contributed by atoms with Crippen molar-refractivity contribution in [1.82, 2.24) is 15.6 Å². The molecule has 7 heteroatoms. The maximum Gasteiger partial charge on any atom is 0.190 e. The summed E-state index contributed by atoms with van der Waals surface area (Å²) in [6, 6.07) is 4.36. The van der Waals surface area contributed by atoms with Gasteiger partial charge in [-0.3, -0.25) is 4.99 Å². The zero-order chi connectivity index (χ0) is 15.9. The third-order valence-corrected chi connectivity index (χ3v) is 5.04. The van der Waals surface area contributed by atoms with Crippen molar-refractivity contribution in [3.05, 3.63) is 27.4 Å². The topological polar surface area (TPSA) is 49.3 Å². The van der Waals surface area contributed by atoms with Crippen LogP contribution in [0.4, 0.5) is 0 Å². The van der Waals surface area contributed by atoms with E-state index in [0.29, 0.717) is 5.92 Å². The molecule has 23 heavy (non-hydrogen) atoms. The monoisotopic (exact) mass is 464 g/mol. The fraction of sp³-hybridized carbons (Fsp3) is 0.500. The lowest BCUT2D eigenvalue weighted by molar-refractivity contribution is 0.615. The van der Waals surface area contributed by atoms with Crippen molar-refractivity contribution in [3.8, 4) is 10.6 Å². The Kier molecular flexibility index (Phi) is 9.08. The van der Waals surface area contributed by atoms with Gasteiger partial charge < -0.3 is 10.6 Å². The number of nitrogens with zero attached hydrogens (tertiary/aromatic N) is 2. The van der Waals surface area contributed by atoms with E-state index < -0.39 is 0 Å². The van der Waals surface area contributed by atoms with E-state index in [4.69, 9.17) is 0 Å². The molecule has 4 nitrogen and oxygen atoms in total. The minimum absolute atomic E-state index is 0. The van der Waals surface area contributed by atoms with Crippen LogP contribution in [0.5, 0.6) is 0 Å². The fourth-order valence-corrected chi connectivity index (χ4v) is 3.61. The molecule has 0 aliphatic heterocycles. The number of nitrogens with one attached hydrogen (secondary N) is 2. The van der Waals surface area contributed by atoms with Crippen LogP contribution in [0.2, 0.25) is 0 Å². The Balaban J connectivity index is 0.00000264. The average molecular weight is 464 g/mol. The maximum atomic E-state index is 4.54. The molecule has 0 saturated carbocycles. The van der Waals surface area contributed by atoms with Crippen molar-refractivity contribution in [1.29, 1.82) is 0 Å². The minimum Gasteiger partial charge on any atom is -0.356 e. The number of thiazole rings is 1. The van der Waals surface area contributed by atoms with Gasteiger partial charge in [0.2, 0.25) is 0 Å². The minimum atomic E-state index is 0. The molecule has 0 atom stereocenters. The highest BCUT2D eigenvalue weighted by molar-refractivity contribution is 14.0. The van der Waals surface area contributed by atoms with E-state index in [0.717, 1.165) is 36.2 Å². The SMILES string of the molecule is CN=C(NCCc1ccc(-c2csc(C)n2)s1)NCC(C)C.I. The molecule has 0 radical (unpaired) electrons. The van der Waals surface area contributed by atoms with Gasteiger partial charge in [-0.15, -0.1) is 46.7 Å². The summed E-state index contributed by atoms with van der Waals surface area (Å²) >= 11 is 3.52. The molecule has 2 N–H and O–H groups in total. The van der Waals surface area contributed by atoms with Crippen LogP contribution in [-0.2, 0) is 6.42 Å². The number of aliphatic imine (C=N–C) groups is 1. The predicted octanol–water partition coefficient (Wildman–Crippen LogP) is 4.16. The summed E-state index contributed by atoms with van der Waals surface area (Å²) < 4.78 is 0. The summed E-state index contributed by atoms with van der Waals surface area (Å²) in [5.41, 5.74) is 1.10. The number of aryl methyl sites for hydroxylation is 1. The van der Waals surface area contributed by atoms with Gasteiger partial charge in [-0.05, 0) is 31.4 Å². The fourth-order valence-electron chi connectivity index (χ4n) is 1.95. The largest absolute Gasteiger partial charge is 0.356 e. The molecule has 0 spiro atoms. The molecule has 0 amide bonds. The van der Waals surface area contributed by atoms with Gasteiger partial charge >= 0.3 is 0 Å². The van der Waals surface area contributed by atoms with Gasteiger partial charge in [0.25, 0.3) is 0 Å². The van der Waals surface area contributed by atoms with E-state index in [1.807, 2.05) is 25.3 Å². The van der Waals surface area contributed by atoms with E-state index in [-0.39, 0.29) is 24.0 Å². The van der Waals surface area contributed by atoms with Gasteiger partial charge in [0, 0.05) is 30.4 Å². The van der Waals surface area contributed by atoms with Crippen LogP contribution in [0.15, 0.2) is 22.5 Å². The molecule has 0 unspecified atom stereocenters. The molecular formula is C16H25IN4S2. The molecule has 0 aromatic carbocycles. The van der Waals surface area contributed by atoms with Gasteiger partial charge in [-0.1, -0.05) is 13.8 Å². The first-order valence-electron chi connectivity index (χ1n) is 7.54. The van der Waals surface area contributed by atoms with Crippen LogP contribution in [0, 0.1) is 12.8 Å². The van der Waals surface area contributed by atoms with Gasteiger partial charge in [-0.25, -0.2) is 4.98 Å². The highest BCUT2D eigenvalue weighted by atomic mass is 127. The van der Waals surface area contributed by atoms with E-state index in [2.05, 4.69) is 52.0 Å². The van der Waals surface area contributed by atoms with Crippen LogP contribution < -0.4 is 10.6 Å². The first-order valence-corrected chi connectivity index (χ1v) is 9.24. The van der Waals surface area contributed by atoms with Gasteiger partial charge in [0.15, 0.2) is 5.96 Å². The first-order chi connectivity index (χ1) is 10.6. The van der Waals surface area contributed by atoms with Crippen LogP contribution >= 0.6 is 46.7 Å². The number of hydrogen-bond donors (Lipinski definition) is 2. The summed E-state index contributed by atoms with van der Waals surface area (Å²) in [5.74, 6) is 1.49. The van der Waals surface area contributed by atoms with E-state index in [1.165, 1.54) is 9.75 Å². The molecule has 0 saturated heterocycles. The van der Waals surface area contributed by atoms with Crippen molar-refractivity contribution >= 4 is 52.6 Å². The number of rotatable bonds is 6. The highest BCUT2D eigenvalue weighted by Gasteiger charge is 2.06. The third-order valence-electron chi connectivity index (χ3n) is 3.10. The Labute approximate surface area is 163 Å². The van der Waals surface area contributed by atoms with Crippen molar-refractivity contribution in [2.45, 2.75) is 27.2 Å². The maximum absolute atomic E-state index is 4.54. The van der Waals surface area contributed by atoms with Crippen LogP contribution in [-0.4, -0.2) is 31.1 Å². The molecule has 128 valence electrons. The summed E-state index contributed by atoms with van der Waals surface area (Å²) in [7, 11) is 1.81. The first kappa shape index (κ1) is 20.4. The second-order valence-electron chi connectivity index (χ2n) is 5.54. The average Bonchev–Trinajstić information content (AvgIpc) is 3.11. The van der Waals surface area contributed by atoms with E-state index in [9.17, 15) is 0 Å². The quantitative estimate of drug-likeness (QED) is 0.384. The molecule has 2 aromatic rings. The Morgan fingerprint density at radius 2 is 2.09 bits per heavy atom. The van der Waals surface area contributed by atoms with Crippen molar-refractivity contribution in [3.63, 3.8) is 0 Å². The number of hydrogen-bond acceptors (Lipinski definition) is 4. The molecular weight excluding hydrogens is 439 g/mol. The van der Waals surface area contributed by atoms with Crippen LogP contribution in [0.3, 0.4) is 0 Å². The van der Waals surface area contributed by atoms with Crippen molar-refractivity contribution < 1.29 is 0 Å². The molecule has 0 aliphatic carbocycles. The zero-order valence-electron chi connectivity index (χ0n) is 14.0. The summed E-state index contributed by atoms with van der Waals surface area (Å²) in [6.07, 6.45) is 0.996. The Morgan fingerprint density at radius 3 is 2.70 bits per heavy atom. The van der Waals surface area contributed by atoms with Gasteiger partial charge in [-0.2, -0.15) is 0 Å². The number of thiophene rings is 1. The summed E-state index contributed by atoms with van der Waals surface area (Å²) in [5, 5.41) is 9.92. The van der Waals surface area contributed by atoms with Crippen molar-refractivity contribution in [2.75, 3.05) is 20.1 Å². The normalized spacial score (nSPS) is 11.4. The molecule has 2 aromatic heterocycles. The molecule has 0 aliphatic rings. The second-order valence-corrected chi connectivity index (χ2v) is 7.77.